The smallest absolute Gasteiger partial charge is 0.386 e. The van der Waals surface area contributed by atoms with Crippen LogP contribution in [0.5, 0.6) is 0 Å². The largest absolute Gasteiger partial charge is 0.416 e. The summed E-state index contributed by atoms with van der Waals surface area (Å²) in [6.45, 7) is 0.943. The molecule has 21 heavy (non-hydrogen) atoms. The van der Waals surface area contributed by atoms with Crippen LogP contribution in [0.2, 0.25) is 0 Å². The van der Waals surface area contributed by atoms with Crippen LogP contribution in [0.1, 0.15) is 12.5 Å². The Kier molecular flexibility index (Phi) is 5.37. The molecule has 1 atom stereocenters. The average Bonchev–Trinajstić information content (AvgIpc) is 2.36. The summed E-state index contributed by atoms with van der Waals surface area (Å²) in [5.41, 5.74) is -2.36. The third kappa shape index (κ3) is 5.27. The van der Waals surface area contributed by atoms with Gasteiger partial charge in [-0.3, -0.25) is 0 Å². The van der Waals surface area contributed by atoms with Crippen LogP contribution in [0.25, 0.3) is 0 Å². The number of alkyl halides is 3. The standard InChI is InChI=1S/C12H16F3NO4S/c1-11(17,8-20-2)7-16-21(18,19)10-5-3-9(4-6-10)12(13,14)15/h3-6,16-17H,7-8H2,1-2H3/t11-/m1/s1. The van der Waals surface area contributed by atoms with Gasteiger partial charge in [0.25, 0.3) is 0 Å². The lowest BCUT2D eigenvalue weighted by Crippen LogP contribution is -2.43. The second-order valence-corrected chi connectivity index (χ2v) is 6.54. The Balaban J connectivity index is 2.84. The van der Waals surface area contributed by atoms with Crippen molar-refractivity contribution in [1.82, 2.24) is 4.72 Å². The number of nitrogens with one attached hydrogen (secondary N) is 1. The van der Waals surface area contributed by atoms with E-state index in [0.717, 1.165) is 12.1 Å². The molecule has 0 radical (unpaired) electrons. The fraction of sp³-hybridized carbons (Fsp3) is 0.500. The van der Waals surface area contributed by atoms with E-state index in [1.54, 1.807) is 0 Å². The molecular weight excluding hydrogens is 311 g/mol. The maximum Gasteiger partial charge on any atom is 0.416 e. The number of rotatable bonds is 6. The van der Waals surface area contributed by atoms with Gasteiger partial charge in [-0.2, -0.15) is 13.2 Å². The number of hydrogen-bond donors (Lipinski definition) is 2. The molecule has 0 unspecified atom stereocenters. The van der Waals surface area contributed by atoms with Crippen molar-refractivity contribution in [3.05, 3.63) is 29.8 Å². The van der Waals surface area contributed by atoms with Gasteiger partial charge in [-0.15, -0.1) is 0 Å². The number of hydrogen-bond acceptors (Lipinski definition) is 4. The lowest BCUT2D eigenvalue weighted by Gasteiger charge is -2.22. The molecule has 0 saturated heterocycles. The lowest BCUT2D eigenvalue weighted by atomic mass is 10.1. The number of ether oxygens (including phenoxy) is 1. The fourth-order valence-electron chi connectivity index (χ4n) is 1.52. The molecule has 0 bridgehead atoms. The van der Waals surface area contributed by atoms with Crippen LogP contribution >= 0.6 is 0 Å². The van der Waals surface area contributed by atoms with Crippen LogP contribution in [0, 0.1) is 0 Å². The van der Waals surface area contributed by atoms with E-state index in [0.29, 0.717) is 12.1 Å². The van der Waals surface area contributed by atoms with E-state index >= 15 is 0 Å². The summed E-state index contributed by atoms with van der Waals surface area (Å²) in [7, 11) is -2.66. The highest BCUT2D eigenvalue weighted by Crippen LogP contribution is 2.29. The van der Waals surface area contributed by atoms with Crippen molar-refractivity contribution >= 4 is 10.0 Å². The van der Waals surface area contributed by atoms with E-state index in [1.165, 1.54) is 14.0 Å². The molecule has 0 amide bonds. The first-order valence-electron chi connectivity index (χ1n) is 5.86. The Morgan fingerprint density at radius 3 is 2.19 bits per heavy atom. The van der Waals surface area contributed by atoms with Crippen molar-refractivity contribution in [3.63, 3.8) is 0 Å². The van der Waals surface area contributed by atoms with Crippen LogP contribution in [0.4, 0.5) is 13.2 Å². The van der Waals surface area contributed by atoms with Crippen molar-refractivity contribution in [2.45, 2.75) is 23.6 Å². The molecule has 9 heteroatoms. The monoisotopic (exact) mass is 327 g/mol. The quantitative estimate of drug-likeness (QED) is 0.828. The van der Waals surface area contributed by atoms with Gasteiger partial charge < -0.3 is 9.84 Å². The first-order valence-corrected chi connectivity index (χ1v) is 7.34. The molecule has 0 heterocycles. The maximum atomic E-state index is 12.4. The van der Waals surface area contributed by atoms with Crippen LogP contribution in [-0.2, 0) is 20.9 Å². The van der Waals surface area contributed by atoms with Gasteiger partial charge in [-0.05, 0) is 31.2 Å². The van der Waals surface area contributed by atoms with Gasteiger partial charge in [0.05, 0.1) is 22.7 Å². The van der Waals surface area contributed by atoms with Crippen molar-refractivity contribution in [2.75, 3.05) is 20.3 Å². The first kappa shape index (κ1) is 17.9. The van der Waals surface area contributed by atoms with Crippen LogP contribution in [-0.4, -0.2) is 39.4 Å². The maximum absolute atomic E-state index is 12.4. The topological polar surface area (TPSA) is 75.6 Å². The molecule has 0 aliphatic carbocycles. The zero-order valence-electron chi connectivity index (χ0n) is 11.4. The second-order valence-electron chi connectivity index (χ2n) is 4.78. The Bertz CT molecular complexity index is 567. The van der Waals surface area contributed by atoms with Crippen molar-refractivity contribution in [3.8, 4) is 0 Å². The number of halogens is 3. The third-order valence-electron chi connectivity index (χ3n) is 2.59. The highest BCUT2D eigenvalue weighted by molar-refractivity contribution is 7.89. The first-order chi connectivity index (χ1) is 9.48. The van der Waals surface area contributed by atoms with Gasteiger partial charge in [0.1, 0.15) is 0 Å². The molecular formula is C12H16F3NO4S. The molecule has 0 aromatic heterocycles. The molecule has 0 aliphatic rings. The van der Waals surface area contributed by atoms with E-state index in [-0.39, 0.29) is 18.0 Å². The van der Waals surface area contributed by atoms with Gasteiger partial charge in [-0.1, -0.05) is 0 Å². The Morgan fingerprint density at radius 2 is 1.76 bits per heavy atom. The molecule has 0 spiro atoms. The highest BCUT2D eigenvalue weighted by Gasteiger charge is 2.31. The van der Waals surface area contributed by atoms with Crippen molar-refractivity contribution in [2.24, 2.45) is 0 Å². The molecule has 1 aromatic rings. The predicted molar refractivity (Wildman–Crippen MR) is 69.1 cm³/mol. The van der Waals surface area contributed by atoms with Gasteiger partial charge in [0, 0.05) is 13.7 Å². The van der Waals surface area contributed by atoms with Gasteiger partial charge in [0.2, 0.25) is 10.0 Å². The second kappa shape index (κ2) is 6.30. The summed E-state index contributed by atoms with van der Waals surface area (Å²) < 4.78 is 67.8. The zero-order chi connectivity index (χ0) is 16.3. The molecule has 1 rings (SSSR count). The summed E-state index contributed by atoms with van der Waals surface area (Å²) in [6, 6.07) is 3.08. The summed E-state index contributed by atoms with van der Waals surface area (Å²) in [4.78, 5) is -0.316. The molecule has 0 fully saturated rings. The molecule has 0 aliphatic heterocycles. The number of aliphatic hydroxyl groups is 1. The minimum Gasteiger partial charge on any atom is -0.386 e. The molecule has 2 N–H and O–H groups in total. The van der Waals surface area contributed by atoms with Gasteiger partial charge >= 0.3 is 6.18 Å². The average molecular weight is 327 g/mol. The summed E-state index contributed by atoms with van der Waals surface area (Å²) >= 11 is 0. The van der Waals surface area contributed by atoms with E-state index in [4.69, 9.17) is 4.74 Å². The fourth-order valence-corrected chi connectivity index (χ4v) is 2.68. The van der Waals surface area contributed by atoms with Crippen molar-refractivity contribution in [1.29, 1.82) is 0 Å². The van der Waals surface area contributed by atoms with Crippen LogP contribution < -0.4 is 4.72 Å². The number of sulfonamides is 1. The van der Waals surface area contributed by atoms with E-state index < -0.39 is 27.4 Å². The molecule has 120 valence electrons. The predicted octanol–water partition coefficient (Wildman–Crippen LogP) is 1.38. The molecule has 1 aromatic carbocycles. The van der Waals surface area contributed by atoms with Gasteiger partial charge in [0.15, 0.2) is 0 Å². The molecule has 0 saturated carbocycles. The number of benzene rings is 1. The van der Waals surface area contributed by atoms with E-state index in [2.05, 4.69) is 4.72 Å². The Morgan fingerprint density at radius 1 is 1.24 bits per heavy atom. The highest BCUT2D eigenvalue weighted by atomic mass is 32.2. The van der Waals surface area contributed by atoms with E-state index in [9.17, 15) is 26.7 Å². The lowest BCUT2D eigenvalue weighted by molar-refractivity contribution is -0.137. The van der Waals surface area contributed by atoms with Crippen LogP contribution in [0.3, 0.4) is 0 Å². The van der Waals surface area contributed by atoms with E-state index in [1.807, 2.05) is 0 Å². The normalized spacial score (nSPS) is 15.7. The SMILES string of the molecule is COC[C@](C)(O)CNS(=O)(=O)c1ccc(C(F)(F)F)cc1. The third-order valence-corrected chi connectivity index (χ3v) is 4.01. The number of methoxy groups -OCH3 is 1. The Hall–Kier alpha value is -1.16. The minimum absolute atomic E-state index is 0.0947. The Labute approximate surface area is 120 Å². The zero-order valence-corrected chi connectivity index (χ0v) is 12.3. The van der Waals surface area contributed by atoms with Crippen molar-refractivity contribution < 1.29 is 31.4 Å². The van der Waals surface area contributed by atoms with Gasteiger partial charge in [-0.25, -0.2) is 13.1 Å². The minimum atomic E-state index is -4.53. The summed E-state index contributed by atoms with van der Waals surface area (Å²) in [6.07, 6.45) is -4.53. The molecule has 5 nitrogen and oxygen atoms in total. The summed E-state index contributed by atoms with van der Waals surface area (Å²) in [5.74, 6) is 0. The van der Waals surface area contributed by atoms with Crippen LogP contribution in [0.15, 0.2) is 29.2 Å². The summed E-state index contributed by atoms with van der Waals surface area (Å²) in [5, 5.41) is 9.77.